The molecule has 16 heavy (non-hydrogen) atoms. The van der Waals surface area contributed by atoms with Gasteiger partial charge in [0.05, 0.1) is 0 Å². The third kappa shape index (κ3) is 2.68. The van der Waals surface area contributed by atoms with Crippen molar-refractivity contribution in [3.63, 3.8) is 0 Å². The van der Waals surface area contributed by atoms with Crippen LogP contribution in [0.2, 0.25) is 5.02 Å². The van der Waals surface area contributed by atoms with E-state index in [0.29, 0.717) is 10.7 Å². The standard InChI is InChI=1S/C12H9ClFNS/c13-8-4-5-11(15)12(6-8)16-10-3-1-2-9(14)7-10/h1-7H,15H2. The minimum Gasteiger partial charge on any atom is -0.398 e. The first-order valence-electron chi connectivity index (χ1n) is 4.63. The van der Waals surface area contributed by atoms with Gasteiger partial charge in [0.1, 0.15) is 5.82 Å². The molecule has 0 aliphatic carbocycles. The summed E-state index contributed by atoms with van der Waals surface area (Å²) >= 11 is 7.26. The van der Waals surface area contributed by atoms with Crippen molar-refractivity contribution in [3.8, 4) is 0 Å². The van der Waals surface area contributed by atoms with Gasteiger partial charge in [-0.15, -0.1) is 0 Å². The minimum absolute atomic E-state index is 0.259. The number of anilines is 1. The maximum Gasteiger partial charge on any atom is 0.124 e. The second-order valence-corrected chi connectivity index (χ2v) is 4.79. The first-order chi connectivity index (χ1) is 7.65. The van der Waals surface area contributed by atoms with Crippen molar-refractivity contribution in [2.24, 2.45) is 0 Å². The first-order valence-corrected chi connectivity index (χ1v) is 5.83. The molecule has 0 fully saturated rings. The Hall–Kier alpha value is -1.19. The summed E-state index contributed by atoms with van der Waals surface area (Å²) in [7, 11) is 0. The predicted molar refractivity (Wildman–Crippen MR) is 66.4 cm³/mol. The topological polar surface area (TPSA) is 26.0 Å². The van der Waals surface area contributed by atoms with Gasteiger partial charge in [0.15, 0.2) is 0 Å². The summed E-state index contributed by atoms with van der Waals surface area (Å²) in [5.41, 5.74) is 6.44. The lowest BCUT2D eigenvalue weighted by Crippen LogP contribution is -1.87. The summed E-state index contributed by atoms with van der Waals surface area (Å²) in [6.45, 7) is 0. The SMILES string of the molecule is Nc1ccc(Cl)cc1Sc1cccc(F)c1. The lowest BCUT2D eigenvalue weighted by Gasteiger charge is -2.05. The van der Waals surface area contributed by atoms with Crippen molar-refractivity contribution in [1.29, 1.82) is 0 Å². The van der Waals surface area contributed by atoms with Crippen molar-refractivity contribution in [2.75, 3.05) is 5.73 Å². The van der Waals surface area contributed by atoms with Gasteiger partial charge in [0, 0.05) is 20.5 Å². The highest BCUT2D eigenvalue weighted by Gasteiger charge is 2.03. The van der Waals surface area contributed by atoms with Crippen molar-refractivity contribution >= 4 is 29.1 Å². The number of benzene rings is 2. The van der Waals surface area contributed by atoms with Crippen LogP contribution in [0.5, 0.6) is 0 Å². The fourth-order valence-corrected chi connectivity index (χ4v) is 2.43. The van der Waals surface area contributed by atoms with Gasteiger partial charge in [-0.3, -0.25) is 0 Å². The molecule has 82 valence electrons. The quantitative estimate of drug-likeness (QED) is 0.812. The molecule has 0 saturated heterocycles. The predicted octanol–water partition coefficient (Wildman–Crippen LogP) is 4.21. The van der Waals surface area contributed by atoms with Gasteiger partial charge in [-0.1, -0.05) is 29.4 Å². The highest BCUT2D eigenvalue weighted by atomic mass is 35.5. The molecule has 0 aliphatic heterocycles. The summed E-state index contributed by atoms with van der Waals surface area (Å²) in [4.78, 5) is 1.63. The van der Waals surface area contributed by atoms with E-state index in [1.165, 1.54) is 23.9 Å². The van der Waals surface area contributed by atoms with E-state index < -0.39 is 0 Å². The third-order valence-electron chi connectivity index (χ3n) is 2.00. The molecule has 0 heterocycles. The number of hydrogen-bond donors (Lipinski definition) is 1. The molecule has 0 atom stereocenters. The van der Waals surface area contributed by atoms with Crippen LogP contribution in [0.15, 0.2) is 52.3 Å². The summed E-state index contributed by atoms with van der Waals surface area (Å²) < 4.78 is 13.0. The molecule has 0 amide bonds. The normalized spacial score (nSPS) is 10.4. The van der Waals surface area contributed by atoms with Crippen molar-refractivity contribution in [1.82, 2.24) is 0 Å². The number of rotatable bonds is 2. The molecule has 2 aromatic rings. The van der Waals surface area contributed by atoms with Crippen LogP contribution in [0.1, 0.15) is 0 Å². The monoisotopic (exact) mass is 253 g/mol. The Balaban J connectivity index is 2.30. The number of hydrogen-bond acceptors (Lipinski definition) is 2. The Bertz CT molecular complexity index is 516. The van der Waals surface area contributed by atoms with Crippen LogP contribution in [-0.4, -0.2) is 0 Å². The van der Waals surface area contributed by atoms with Crippen LogP contribution in [0.4, 0.5) is 10.1 Å². The Morgan fingerprint density at radius 1 is 1.12 bits per heavy atom. The van der Waals surface area contributed by atoms with Crippen LogP contribution in [-0.2, 0) is 0 Å². The zero-order valence-electron chi connectivity index (χ0n) is 8.28. The van der Waals surface area contributed by atoms with Gasteiger partial charge in [-0.05, 0) is 36.4 Å². The molecule has 0 saturated carbocycles. The molecule has 2 aromatic carbocycles. The minimum atomic E-state index is -0.259. The van der Waals surface area contributed by atoms with Crippen molar-refractivity contribution < 1.29 is 4.39 Å². The molecule has 0 bridgehead atoms. The van der Waals surface area contributed by atoms with Gasteiger partial charge >= 0.3 is 0 Å². The molecule has 0 aliphatic rings. The fraction of sp³-hybridized carbons (Fsp3) is 0. The van der Waals surface area contributed by atoms with Gasteiger partial charge in [0.2, 0.25) is 0 Å². The second kappa shape index (κ2) is 4.76. The average Bonchev–Trinajstić information content (AvgIpc) is 2.24. The third-order valence-corrected chi connectivity index (χ3v) is 3.30. The lowest BCUT2D eigenvalue weighted by atomic mass is 10.3. The molecule has 2 N–H and O–H groups in total. The Morgan fingerprint density at radius 2 is 1.94 bits per heavy atom. The molecule has 4 heteroatoms. The van der Waals surface area contributed by atoms with E-state index in [9.17, 15) is 4.39 Å². The summed E-state index contributed by atoms with van der Waals surface area (Å²) in [5.74, 6) is -0.259. The van der Waals surface area contributed by atoms with E-state index >= 15 is 0 Å². The average molecular weight is 254 g/mol. The highest BCUT2D eigenvalue weighted by Crippen LogP contribution is 2.33. The van der Waals surface area contributed by atoms with Crippen LogP contribution in [0.25, 0.3) is 0 Å². The molecule has 0 aromatic heterocycles. The maximum absolute atomic E-state index is 13.0. The molecular weight excluding hydrogens is 245 g/mol. The van der Waals surface area contributed by atoms with Crippen LogP contribution in [0, 0.1) is 5.82 Å². The second-order valence-electron chi connectivity index (χ2n) is 3.24. The van der Waals surface area contributed by atoms with Crippen LogP contribution in [0.3, 0.4) is 0 Å². The fourth-order valence-electron chi connectivity index (χ4n) is 1.25. The Morgan fingerprint density at radius 3 is 2.69 bits per heavy atom. The first kappa shape index (κ1) is 11.3. The van der Waals surface area contributed by atoms with E-state index in [4.69, 9.17) is 17.3 Å². The van der Waals surface area contributed by atoms with Gasteiger partial charge in [0.25, 0.3) is 0 Å². The van der Waals surface area contributed by atoms with E-state index in [-0.39, 0.29) is 5.82 Å². The van der Waals surface area contributed by atoms with Crippen LogP contribution < -0.4 is 5.73 Å². The Labute approximate surface area is 102 Å². The molecular formula is C12H9ClFNS. The number of halogens is 2. The zero-order chi connectivity index (χ0) is 11.5. The maximum atomic E-state index is 13.0. The van der Waals surface area contributed by atoms with E-state index in [1.807, 2.05) is 6.07 Å². The van der Waals surface area contributed by atoms with Crippen LogP contribution >= 0.6 is 23.4 Å². The van der Waals surface area contributed by atoms with Gasteiger partial charge in [-0.2, -0.15) is 0 Å². The van der Waals surface area contributed by atoms with Gasteiger partial charge in [-0.25, -0.2) is 4.39 Å². The largest absolute Gasteiger partial charge is 0.398 e. The highest BCUT2D eigenvalue weighted by molar-refractivity contribution is 7.99. The smallest absolute Gasteiger partial charge is 0.124 e. The summed E-state index contributed by atoms with van der Waals surface area (Å²) in [6, 6.07) is 11.6. The summed E-state index contributed by atoms with van der Waals surface area (Å²) in [5, 5.41) is 0.619. The van der Waals surface area contributed by atoms with E-state index in [2.05, 4.69) is 0 Å². The van der Waals surface area contributed by atoms with Crippen molar-refractivity contribution in [2.45, 2.75) is 9.79 Å². The molecule has 1 nitrogen and oxygen atoms in total. The molecule has 0 unspecified atom stereocenters. The summed E-state index contributed by atoms with van der Waals surface area (Å²) in [6.07, 6.45) is 0. The number of nitrogens with two attached hydrogens (primary N) is 1. The lowest BCUT2D eigenvalue weighted by molar-refractivity contribution is 0.624. The molecule has 2 rings (SSSR count). The molecule has 0 spiro atoms. The van der Waals surface area contributed by atoms with Gasteiger partial charge < -0.3 is 5.73 Å². The molecule has 0 radical (unpaired) electrons. The van der Waals surface area contributed by atoms with E-state index in [1.54, 1.807) is 24.3 Å². The zero-order valence-corrected chi connectivity index (χ0v) is 9.86. The Kier molecular flexibility index (Phi) is 3.36. The van der Waals surface area contributed by atoms with Crippen molar-refractivity contribution in [3.05, 3.63) is 53.3 Å². The van der Waals surface area contributed by atoms with E-state index in [0.717, 1.165) is 9.79 Å². The number of nitrogen functional groups attached to an aromatic ring is 1.